The van der Waals surface area contributed by atoms with Crippen molar-refractivity contribution < 1.29 is 5.11 Å². The number of aliphatic hydroxyl groups is 1. The summed E-state index contributed by atoms with van der Waals surface area (Å²) < 4.78 is 0. The zero-order valence-electron chi connectivity index (χ0n) is 8.39. The Morgan fingerprint density at radius 2 is 2.00 bits per heavy atom. The maximum atomic E-state index is 8.86. The van der Waals surface area contributed by atoms with E-state index in [0.717, 1.165) is 11.3 Å². The lowest BCUT2D eigenvalue weighted by molar-refractivity contribution is 0.300. The summed E-state index contributed by atoms with van der Waals surface area (Å²) in [5, 5.41) is 9.12. The number of hydrogen-bond acceptors (Lipinski definition) is 3. The van der Waals surface area contributed by atoms with Crippen LogP contribution in [0.4, 0.5) is 0 Å². The minimum Gasteiger partial charge on any atom is -0.395 e. The first-order valence-electron chi connectivity index (χ1n) is 4.77. The molecule has 0 radical (unpaired) electrons. The lowest BCUT2D eigenvalue weighted by atomic mass is 10.1. The molecule has 1 aromatic rings. The van der Waals surface area contributed by atoms with Crippen molar-refractivity contribution in [2.75, 3.05) is 12.4 Å². The highest BCUT2D eigenvalue weighted by Gasteiger charge is 2.07. The van der Waals surface area contributed by atoms with Gasteiger partial charge in [-0.05, 0) is 5.56 Å². The van der Waals surface area contributed by atoms with Crippen molar-refractivity contribution in [1.82, 2.24) is 0 Å². The molecule has 2 atom stereocenters. The van der Waals surface area contributed by atoms with Crippen molar-refractivity contribution in [2.24, 2.45) is 5.73 Å². The molecule has 0 fully saturated rings. The summed E-state index contributed by atoms with van der Waals surface area (Å²) >= 11 is 1.70. The van der Waals surface area contributed by atoms with Gasteiger partial charge in [0.05, 0.1) is 6.61 Å². The summed E-state index contributed by atoms with van der Waals surface area (Å²) in [6.07, 6.45) is 0. The molecule has 1 rings (SSSR count). The third kappa shape index (κ3) is 3.70. The second-order valence-electron chi connectivity index (χ2n) is 3.34. The lowest BCUT2D eigenvalue weighted by Crippen LogP contribution is -2.15. The number of thioether (sulfide) groups is 1. The molecule has 2 unspecified atom stereocenters. The zero-order chi connectivity index (χ0) is 10.4. The van der Waals surface area contributed by atoms with Crippen molar-refractivity contribution in [3.8, 4) is 0 Å². The van der Waals surface area contributed by atoms with Gasteiger partial charge in [0, 0.05) is 17.0 Å². The Bertz CT molecular complexity index is 253. The molecule has 1 aromatic carbocycles. The predicted molar refractivity (Wildman–Crippen MR) is 62.4 cm³/mol. The highest BCUT2D eigenvalue weighted by Crippen LogP contribution is 2.18. The first kappa shape index (κ1) is 11.6. The number of rotatable bonds is 5. The van der Waals surface area contributed by atoms with Gasteiger partial charge in [0.15, 0.2) is 0 Å². The van der Waals surface area contributed by atoms with Gasteiger partial charge in [0.25, 0.3) is 0 Å². The second-order valence-corrected chi connectivity index (χ2v) is 4.82. The van der Waals surface area contributed by atoms with Crippen LogP contribution < -0.4 is 5.73 Å². The van der Waals surface area contributed by atoms with Crippen molar-refractivity contribution in [3.63, 3.8) is 0 Å². The first-order valence-corrected chi connectivity index (χ1v) is 5.82. The van der Waals surface area contributed by atoms with Crippen molar-refractivity contribution >= 4 is 11.8 Å². The van der Waals surface area contributed by atoms with E-state index in [9.17, 15) is 0 Å². The molecule has 0 aliphatic rings. The number of nitrogens with two attached hydrogens (primary N) is 1. The molecule has 0 saturated carbocycles. The molecule has 78 valence electrons. The van der Waals surface area contributed by atoms with Gasteiger partial charge in [-0.1, -0.05) is 37.3 Å². The van der Waals surface area contributed by atoms with Crippen LogP contribution in [0.2, 0.25) is 0 Å². The fourth-order valence-electron chi connectivity index (χ4n) is 1.12. The summed E-state index contributed by atoms with van der Waals surface area (Å²) in [4.78, 5) is 0. The highest BCUT2D eigenvalue weighted by molar-refractivity contribution is 7.99. The fourth-order valence-corrected chi connectivity index (χ4v) is 1.95. The van der Waals surface area contributed by atoms with Crippen LogP contribution in [0.3, 0.4) is 0 Å². The average Bonchev–Trinajstić information content (AvgIpc) is 2.26. The number of hydrogen-bond donors (Lipinski definition) is 2. The van der Waals surface area contributed by atoms with E-state index in [0.29, 0.717) is 0 Å². The maximum Gasteiger partial charge on any atom is 0.0547 e. The van der Waals surface area contributed by atoms with E-state index in [4.69, 9.17) is 10.8 Å². The van der Waals surface area contributed by atoms with Gasteiger partial charge in [-0.15, -0.1) is 0 Å². The van der Waals surface area contributed by atoms with Crippen molar-refractivity contribution in [2.45, 2.75) is 18.2 Å². The van der Waals surface area contributed by atoms with Crippen LogP contribution in [0.15, 0.2) is 30.3 Å². The Balaban J connectivity index is 2.39. The first-order chi connectivity index (χ1) is 6.74. The molecule has 0 saturated heterocycles. The maximum absolute atomic E-state index is 8.86. The highest BCUT2D eigenvalue weighted by atomic mass is 32.2. The SMILES string of the molecule is CC(CO)SCC(N)c1ccccc1. The number of aliphatic hydroxyl groups excluding tert-OH is 1. The standard InChI is InChI=1S/C11H17NOS/c1-9(7-13)14-8-11(12)10-5-3-2-4-6-10/h2-6,9,11,13H,7-8,12H2,1H3. The molecular formula is C11H17NOS. The molecule has 0 aliphatic heterocycles. The second kappa shape index (κ2) is 6.06. The average molecular weight is 211 g/mol. The zero-order valence-corrected chi connectivity index (χ0v) is 9.20. The van der Waals surface area contributed by atoms with Gasteiger partial charge >= 0.3 is 0 Å². The Kier molecular flexibility index (Phi) is 5.01. The quantitative estimate of drug-likeness (QED) is 0.780. The lowest BCUT2D eigenvalue weighted by Gasteiger charge is -2.13. The van der Waals surface area contributed by atoms with Gasteiger partial charge in [0.2, 0.25) is 0 Å². The number of benzene rings is 1. The minimum absolute atomic E-state index is 0.0650. The Morgan fingerprint density at radius 1 is 1.36 bits per heavy atom. The van der Waals surface area contributed by atoms with E-state index >= 15 is 0 Å². The molecule has 2 nitrogen and oxygen atoms in total. The van der Waals surface area contributed by atoms with Crippen LogP contribution >= 0.6 is 11.8 Å². The summed E-state index contributed by atoms with van der Waals surface area (Å²) in [5.74, 6) is 0.853. The van der Waals surface area contributed by atoms with Gasteiger partial charge < -0.3 is 10.8 Å². The van der Waals surface area contributed by atoms with Crippen molar-refractivity contribution in [3.05, 3.63) is 35.9 Å². The predicted octanol–water partition coefficient (Wildman–Crippen LogP) is 1.80. The van der Waals surface area contributed by atoms with E-state index in [-0.39, 0.29) is 17.9 Å². The Morgan fingerprint density at radius 3 is 2.57 bits per heavy atom. The summed E-state index contributed by atoms with van der Waals surface area (Å²) in [6.45, 7) is 2.22. The summed E-state index contributed by atoms with van der Waals surface area (Å²) in [6, 6.07) is 10.1. The Hall–Kier alpha value is -0.510. The van der Waals surface area contributed by atoms with Gasteiger partial charge in [-0.2, -0.15) is 11.8 Å². The van der Waals surface area contributed by atoms with E-state index in [1.54, 1.807) is 11.8 Å². The van der Waals surface area contributed by atoms with E-state index in [1.807, 2.05) is 37.3 Å². The van der Waals surface area contributed by atoms with E-state index in [1.165, 1.54) is 0 Å². The Labute approximate surface area is 89.5 Å². The van der Waals surface area contributed by atoms with Gasteiger partial charge in [0.1, 0.15) is 0 Å². The summed E-state index contributed by atoms with van der Waals surface area (Å²) in [5.41, 5.74) is 7.15. The molecule has 3 heteroatoms. The monoisotopic (exact) mass is 211 g/mol. The molecule has 0 amide bonds. The van der Waals surface area contributed by atoms with Crippen LogP contribution in [0, 0.1) is 0 Å². The van der Waals surface area contributed by atoms with Crippen LogP contribution in [0.1, 0.15) is 18.5 Å². The van der Waals surface area contributed by atoms with Crippen LogP contribution in [-0.4, -0.2) is 22.7 Å². The molecule has 0 aliphatic carbocycles. The van der Waals surface area contributed by atoms with Gasteiger partial charge in [-0.3, -0.25) is 0 Å². The molecule has 0 bridgehead atoms. The molecule has 0 heterocycles. The van der Waals surface area contributed by atoms with Crippen LogP contribution in [-0.2, 0) is 0 Å². The minimum atomic E-state index is 0.0650. The largest absolute Gasteiger partial charge is 0.395 e. The molecular weight excluding hydrogens is 194 g/mol. The molecule has 14 heavy (non-hydrogen) atoms. The third-order valence-corrected chi connectivity index (χ3v) is 3.31. The van der Waals surface area contributed by atoms with E-state index in [2.05, 4.69) is 0 Å². The third-order valence-electron chi connectivity index (χ3n) is 2.05. The van der Waals surface area contributed by atoms with Gasteiger partial charge in [-0.25, -0.2) is 0 Å². The molecule has 3 N–H and O–H groups in total. The topological polar surface area (TPSA) is 46.2 Å². The van der Waals surface area contributed by atoms with E-state index < -0.39 is 0 Å². The molecule has 0 spiro atoms. The smallest absolute Gasteiger partial charge is 0.0547 e. The van der Waals surface area contributed by atoms with Crippen LogP contribution in [0.25, 0.3) is 0 Å². The van der Waals surface area contributed by atoms with Crippen molar-refractivity contribution in [1.29, 1.82) is 0 Å². The molecule has 0 aromatic heterocycles. The van der Waals surface area contributed by atoms with Crippen LogP contribution in [0.5, 0.6) is 0 Å². The summed E-state index contributed by atoms with van der Waals surface area (Å²) in [7, 11) is 0. The fraction of sp³-hybridized carbons (Fsp3) is 0.455. The normalized spacial score (nSPS) is 15.1.